The summed E-state index contributed by atoms with van der Waals surface area (Å²) in [6.45, 7) is 7.28. The fourth-order valence-electron chi connectivity index (χ4n) is 3.68. The van der Waals surface area contributed by atoms with Gasteiger partial charge in [-0.15, -0.1) is 24.0 Å². The summed E-state index contributed by atoms with van der Waals surface area (Å²) in [6.07, 6.45) is 2.54. The highest BCUT2D eigenvalue weighted by atomic mass is 127. The van der Waals surface area contributed by atoms with E-state index in [2.05, 4.69) is 21.7 Å². The Morgan fingerprint density at radius 3 is 2.67 bits per heavy atom. The van der Waals surface area contributed by atoms with E-state index in [1.54, 1.807) is 6.07 Å². The van der Waals surface area contributed by atoms with Gasteiger partial charge in [-0.1, -0.05) is 24.3 Å². The first-order chi connectivity index (χ1) is 15.7. The molecule has 1 aliphatic carbocycles. The monoisotopic (exact) mass is 568 g/mol. The van der Waals surface area contributed by atoms with Crippen LogP contribution in [0.3, 0.4) is 0 Å². The summed E-state index contributed by atoms with van der Waals surface area (Å²) < 4.78 is 26.0. The first-order valence-electron chi connectivity index (χ1n) is 11.6. The van der Waals surface area contributed by atoms with E-state index in [4.69, 9.17) is 9.47 Å². The van der Waals surface area contributed by atoms with Crippen molar-refractivity contribution in [3.8, 4) is 5.75 Å². The number of hydrogen-bond donors (Lipinski definition) is 2. The summed E-state index contributed by atoms with van der Waals surface area (Å²) in [7, 11) is 0. The van der Waals surface area contributed by atoms with E-state index in [1.807, 2.05) is 42.2 Å². The molecule has 2 aromatic carbocycles. The normalized spacial score (nSPS) is 16.2. The van der Waals surface area contributed by atoms with Crippen LogP contribution in [0.5, 0.6) is 5.75 Å². The zero-order valence-electron chi connectivity index (χ0n) is 19.2. The van der Waals surface area contributed by atoms with Gasteiger partial charge in [-0.05, 0) is 49.4 Å². The number of hydrogen-bond acceptors (Lipinski definition) is 4. The van der Waals surface area contributed by atoms with Crippen molar-refractivity contribution in [3.63, 3.8) is 0 Å². The van der Waals surface area contributed by atoms with Gasteiger partial charge in [0, 0.05) is 31.7 Å². The maximum absolute atomic E-state index is 14.7. The van der Waals surface area contributed by atoms with Gasteiger partial charge in [0.15, 0.2) is 5.96 Å². The lowest BCUT2D eigenvalue weighted by Gasteiger charge is -2.29. The van der Waals surface area contributed by atoms with Gasteiger partial charge in [0.05, 0.1) is 32.1 Å². The topological polar surface area (TPSA) is 58.1 Å². The van der Waals surface area contributed by atoms with Crippen molar-refractivity contribution in [3.05, 3.63) is 59.4 Å². The Morgan fingerprint density at radius 1 is 1.15 bits per heavy atom. The number of ether oxygens (including phenoxy) is 2. The fraction of sp³-hybridized carbons (Fsp3) is 0.480. The number of rotatable bonds is 9. The molecule has 6 nitrogen and oxygen atoms in total. The lowest BCUT2D eigenvalue weighted by atomic mass is 10.1. The molecule has 180 valence electrons. The second-order valence-corrected chi connectivity index (χ2v) is 8.30. The number of benzene rings is 2. The van der Waals surface area contributed by atoms with Gasteiger partial charge < -0.3 is 25.0 Å². The van der Waals surface area contributed by atoms with E-state index in [0.717, 1.165) is 43.1 Å². The molecule has 0 atom stereocenters. The van der Waals surface area contributed by atoms with Crippen LogP contribution in [-0.4, -0.2) is 45.4 Å². The van der Waals surface area contributed by atoms with E-state index in [0.29, 0.717) is 43.9 Å². The quantitative estimate of drug-likeness (QED) is 0.268. The van der Waals surface area contributed by atoms with Crippen LogP contribution in [0.2, 0.25) is 0 Å². The number of guanidine groups is 1. The van der Waals surface area contributed by atoms with Gasteiger partial charge in [-0.25, -0.2) is 9.38 Å². The molecule has 2 aromatic rings. The number of para-hydroxylation sites is 1. The van der Waals surface area contributed by atoms with Crippen LogP contribution in [0.25, 0.3) is 0 Å². The third-order valence-corrected chi connectivity index (χ3v) is 5.72. The maximum atomic E-state index is 14.7. The predicted octanol–water partition coefficient (Wildman–Crippen LogP) is 4.32. The second kappa shape index (κ2) is 13.0. The fourth-order valence-corrected chi connectivity index (χ4v) is 3.68. The number of morpholine rings is 1. The molecule has 2 N–H and O–H groups in total. The summed E-state index contributed by atoms with van der Waals surface area (Å²) in [5.74, 6) is 2.12. The van der Waals surface area contributed by atoms with Crippen molar-refractivity contribution < 1.29 is 13.9 Å². The highest BCUT2D eigenvalue weighted by Gasteiger charge is 2.22. The largest absolute Gasteiger partial charge is 0.493 e. The van der Waals surface area contributed by atoms with Crippen LogP contribution < -0.4 is 20.3 Å². The van der Waals surface area contributed by atoms with E-state index in [1.165, 1.54) is 12.8 Å². The summed E-state index contributed by atoms with van der Waals surface area (Å²) in [5, 5.41) is 6.63. The van der Waals surface area contributed by atoms with Crippen LogP contribution in [0, 0.1) is 11.7 Å². The molecule has 1 saturated carbocycles. The molecule has 1 aliphatic heterocycles. The lowest BCUT2D eigenvalue weighted by Crippen LogP contribution is -2.37. The highest BCUT2D eigenvalue weighted by molar-refractivity contribution is 14.0. The molecule has 0 amide bonds. The molecule has 0 spiro atoms. The lowest BCUT2D eigenvalue weighted by molar-refractivity contribution is 0.122. The van der Waals surface area contributed by atoms with E-state index >= 15 is 0 Å². The minimum Gasteiger partial charge on any atom is -0.493 e. The van der Waals surface area contributed by atoms with Crippen LogP contribution >= 0.6 is 24.0 Å². The first-order valence-corrected chi connectivity index (χ1v) is 11.6. The van der Waals surface area contributed by atoms with Crippen molar-refractivity contribution in [2.75, 3.05) is 44.4 Å². The Bertz CT molecular complexity index is 917. The Balaban J connectivity index is 0.00000306. The molecule has 0 radical (unpaired) electrons. The zero-order valence-corrected chi connectivity index (χ0v) is 21.5. The smallest absolute Gasteiger partial charge is 0.191 e. The Hall–Kier alpha value is -2.07. The van der Waals surface area contributed by atoms with Gasteiger partial charge in [0.1, 0.15) is 11.6 Å². The Kier molecular flexibility index (Phi) is 10.1. The highest BCUT2D eigenvalue weighted by Crippen LogP contribution is 2.30. The van der Waals surface area contributed by atoms with Crippen molar-refractivity contribution in [1.82, 2.24) is 10.6 Å². The average molecular weight is 568 g/mol. The Morgan fingerprint density at radius 2 is 1.94 bits per heavy atom. The molecule has 2 aliphatic rings. The molecule has 1 saturated heterocycles. The SMILES string of the molecule is CCNC(=NCc1ccc(N2CCOCC2)c(F)c1)NCc1ccccc1OCC1CC1.I. The minimum absolute atomic E-state index is 0. The number of halogens is 2. The Labute approximate surface area is 213 Å². The second-order valence-electron chi connectivity index (χ2n) is 8.30. The predicted molar refractivity (Wildman–Crippen MR) is 141 cm³/mol. The van der Waals surface area contributed by atoms with Gasteiger partial charge in [0.25, 0.3) is 0 Å². The van der Waals surface area contributed by atoms with Gasteiger partial charge in [-0.3, -0.25) is 0 Å². The minimum atomic E-state index is -0.209. The summed E-state index contributed by atoms with van der Waals surface area (Å²) >= 11 is 0. The summed E-state index contributed by atoms with van der Waals surface area (Å²) in [6, 6.07) is 13.5. The van der Waals surface area contributed by atoms with E-state index < -0.39 is 0 Å². The molecule has 0 aromatic heterocycles. The van der Waals surface area contributed by atoms with Gasteiger partial charge >= 0.3 is 0 Å². The van der Waals surface area contributed by atoms with Crippen molar-refractivity contribution in [1.29, 1.82) is 0 Å². The number of nitrogens with zero attached hydrogens (tertiary/aromatic N) is 2. The first kappa shape index (κ1) is 25.6. The molecule has 2 fully saturated rings. The molecule has 33 heavy (non-hydrogen) atoms. The van der Waals surface area contributed by atoms with Crippen molar-refractivity contribution in [2.45, 2.75) is 32.9 Å². The molecule has 0 bridgehead atoms. The zero-order chi connectivity index (χ0) is 22.2. The number of aliphatic imine (C=N–C) groups is 1. The van der Waals surface area contributed by atoms with E-state index in [-0.39, 0.29) is 29.8 Å². The van der Waals surface area contributed by atoms with E-state index in [9.17, 15) is 4.39 Å². The van der Waals surface area contributed by atoms with Gasteiger partial charge in [-0.2, -0.15) is 0 Å². The van der Waals surface area contributed by atoms with Crippen LogP contribution in [0.1, 0.15) is 30.9 Å². The molecule has 4 rings (SSSR count). The van der Waals surface area contributed by atoms with Gasteiger partial charge in [0.2, 0.25) is 0 Å². The van der Waals surface area contributed by atoms with Crippen molar-refractivity contribution in [2.24, 2.45) is 10.9 Å². The molecule has 1 heterocycles. The third-order valence-electron chi connectivity index (χ3n) is 5.72. The molecule has 8 heteroatoms. The van der Waals surface area contributed by atoms with Crippen molar-refractivity contribution >= 4 is 35.6 Å². The average Bonchev–Trinajstić information content (AvgIpc) is 3.65. The summed E-state index contributed by atoms with van der Waals surface area (Å²) in [5.41, 5.74) is 2.57. The maximum Gasteiger partial charge on any atom is 0.191 e. The number of nitrogens with one attached hydrogen (secondary N) is 2. The summed E-state index contributed by atoms with van der Waals surface area (Å²) in [4.78, 5) is 6.68. The van der Waals surface area contributed by atoms with Crippen LogP contribution in [0.4, 0.5) is 10.1 Å². The van der Waals surface area contributed by atoms with Crippen LogP contribution in [0.15, 0.2) is 47.5 Å². The third kappa shape index (κ3) is 7.74. The standard InChI is InChI=1S/C25H33FN4O2.HI/c1-2-27-25(29-17-21-5-3-4-6-24(21)32-18-19-7-8-19)28-16-20-9-10-23(22(26)15-20)30-11-13-31-14-12-30;/h3-6,9-10,15,19H,2,7-8,11-14,16-18H2,1H3,(H2,27,28,29);1H. The number of anilines is 1. The molecule has 0 unspecified atom stereocenters. The molecular weight excluding hydrogens is 534 g/mol. The molecular formula is C25H34FIN4O2. The van der Waals surface area contributed by atoms with Crippen LogP contribution in [-0.2, 0) is 17.8 Å².